The molecule has 0 spiro atoms. The lowest BCUT2D eigenvalue weighted by Gasteiger charge is -2.28. The Morgan fingerprint density at radius 2 is 1.85 bits per heavy atom. The number of hydrogen-bond donors (Lipinski definition) is 1. The van der Waals surface area contributed by atoms with Gasteiger partial charge >= 0.3 is 0 Å². The molecule has 1 rings (SSSR count). The fraction of sp³-hybridized carbons (Fsp3) is 0.588. The number of rotatable bonds is 7. The monoisotopic (exact) mass is 277 g/mol. The molecule has 1 aromatic carbocycles. The minimum Gasteiger partial charge on any atom is -0.393 e. The molecule has 0 saturated heterocycles. The molecule has 0 radical (unpaired) electrons. The van der Waals surface area contributed by atoms with Gasteiger partial charge in [0.15, 0.2) is 0 Å². The van der Waals surface area contributed by atoms with Crippen LogP contribution in [-0.4, -0.2) is 35.6 Å². The van der Waals surface area contributed by atoms with Gasteiger partial charge in [0, 0.05) is 13.6 Å². The first-order valence-corrected chi connectivity index (χ1v) is 7.45. The lowest BCUT2D eigenvalue weighted by molar-refractivity contribution is -0.133. The van der Waals surface area contributed by atoms with Crippen LogP contribution in [0.4, 0.5) is 0 Å². The van der Waals surface area contributed by atoms with Crippen molar-refractivity contribution in [1.82, 2.24) is 4.90 Å². The number of amides is 1. The molecule has 0 aliphatic heterocycles. The van der Waals surface area contributed by atoms with Crippen LogP contribution < -0.4 is 0 Å². The molecule has 1 N–H and O–H groups in total. The highest BCUT2D eigenvalue weighted by atomic mass is 16.3. The van der Waals surface area contributed by atoms with Gasteiger partial charge in [0.05, 0.1) is 12.0 Å². The summed E-state index contributed by atoms with van der Waals surface area (Å²) in [5, 5.41) is 9.36. The molecule has 1 aromatic rings. The summed E-state index contributed by atoms with van der Waals surface area (Å²) < 4.78 is 0. The van der Waals surface area contributed by atoms with Crippen molar-refractivity contribution >= 4 is 5.91 Å². The first-order valence-electron chi connectivity index (χ1n) is 7.45. The molecule has 0 aliphatic rings. The molecule has 0 aromatic heterocycles. The summed E-state index contributed by atoms with van der Waals surface area (Å²) >= 11 is 0. The summed E-state index contributed by atoms with van der Waals surface area (Å²) in [5.41, 5.74) is 1.08. The molecule has 1 amide bonds. The fourth-order valence-corrected chi connectivity index (χ4v) is 2.34. The average Bonchev–Trinajstić information content (AvgIpc) is 2.45. The van der Waals surface area contributed by atoms with Gasteiger partial charge in [-0.05, 0) is 24.8 Å². The van der Waals surface area contributed by atoms with Gasteiger partial charge in [0.2, 0.25) is 5.91 Å². The van der Waals surface area contributed by atoms with Crippen LogP contribution in [0.2, 0.25) is 0 Å². The molecular formula is C17H27NO2. The van der Waals surface area contributed by atoms with Crippen molar-refractivity contribution in [2.75, 3.05) is 13.6 Å². The number of aliphatic hydroxyl groups excluding tert-OH is 1. The molecule has 0 aliphatic carbocycles. The third kappa shape index (κ3) is 4.64. The molecule has 112 valence electrons. The van der Waals surface area contributed by atoms with Crippen LogP contribution in [0.25, 0.3) is 0 Å². The molecule has 3 heteroatoms. The summed E-state index contributed by atoms with van der Waals surface area (Å²) in [4.78, 5) is 14.4. The number of carbonyl (C=O) groups is 1. The van der Waals surface area contributed by atoms with Crippen LogP contribution in [0.15, 0.2) is 30.3 Å². The van der Waals surface area contributed by atoms with Crippen LogP contribution in [0.3, 0.4) is 0 Å². The molecule has 0 heterocycles. The Labute approximate surface area is 122 Å². The maximum atomic E-state index is 12.7. The molecule has 0 bridgehead atoms. The van der Waals surface area contributed by atoms with Crippen LogP contribution >= 0.6 is 0 Å². The van der Waals surface area contributed by atoms with Gasteiger partial charge in [-0.25, -0.2) is 0 Å². The van der Waals surface area contributed by atoms with Crippen molar-refractivity contribution in [3.05, 3.63) is 35.9 Å². The second-order valence-electron chi connectivity index (χ2n) is 5.67. The van der Waals surface area contributed by atoms with Crippen molar-refractivity contribution in [3.8, 4) is 0 Å². The van der Waals surface area contributed by atoms with Gasteiger partial charge in [0.1, 0.15) is 0 Å². The smallest absolute Gasteiger partial charge is 0.230 e. The Balaban J connectivity index is 2.86. The maximum Gasteiger partial charge on any atom is 0.230 e. The molecule has 3 unspecified atom stereocenters. The quantitative estimate of drug-likeness (QED) is 0.832. The van der Waals surface area contributed by atoms with Crippen molar-refractivity contribution < 1.29 is 9.90 Å². The van der Waals surface area contributed by atoms with E-state index in [1.807, 2.05) is 37.4 Å². The molecule has 3 nitrogen and oxygen atoms in total. The van der Waals surface area contributed by atoms with Gasteiger partial charge in [-0.3, -0.25) is 4.79 Å². The highest BCUT2D eigenvalue weighted by Crippen LogP contribution is 2.28. The predicted octanol–water partition coefficient (Wildman–Crippen LogP) is 3.05. The van der Waals surface area contributed by atoms with E-state index in [9.17, 15) is 9.90 Å². The van der Waals surface area contributed by atoms with Gasteiger partial charge in [0.25, 0.3) is 0 Å². The summed E-state index contributed by atoms with van der Waals surface area (Å²) in [6, 6.07) is 9.98. The third-order valence-electron chi connectivity index (χ3n) is 3.90. The van der Waals surface area contributed by atoms with Gasteiger partial charge in [-0.1, -0.05) is 50.6 Å². The normalized spacial score (nSPS) is 15.4. The molecule has 20 heavy (non-hydrogen) atoms. The summed E-state index contributed by atoms with van der Waals surface area (Å²) in [6.07, 6.45) is 1.21. The van der Waals surface area contributed by atoms with Crippen molar-refractivity contribution in [3.63, 3.8) is 0 Å². The van der Waals surface area contributed by atoms with E-state index >= 15 is 0 Å². The van der Waals surface area contributed by atoms with Crippen LogP contribution in [0, 0.1) is 5.92 Å². The van der Waals surface area contributed by atoms with E-state index in [1.165, 1.54) is 0 Å². The Morgan fingerprint density at radius 3 is 2.35 bits per heavy atom. The topological polar surface area (TPSA) is 40.5 Å². The molecule has 0 saturated carbocycles. The minimum absolute atomic E-state index is 0.0970. The van der Waals surface area contributed by atoms with E-state index in [0.717, 1.165) is 12.0 Å². The van der Waals surface area contributed by atoms with E-state index in [0.29, 0.717) is 18.9 Å². The average molecular weight is 277 g/mol. The number of nitrogens with zero attached hydrogens (tertiary/aromatic N) is 1. The summed E-state index contributed by atoms with van der Waals surface area (Å²) in [7, 11) is 1.82. The standard InChI is InChI=1S/C17H27NO2/c1-5-13(2)16(15-9-7-6-8-10-15)17(20)18(4)12-11-14(3)19/h6-10,13-14,16,19H,5,11-12H2,1-4H3. The number of likely N-dealkylation sites (N-methyl/N-ethyl adjacent to an activating group) is 1. The van der Waals surface area contributed by atoms with E-state index in [-0.39, 0.29) is 17.9 Å². The highest BCUT2D eigenvalue weighted by molar-refractivity contribution is 5.83. The number of aliphatic hydroxyl groups is 1. The van der Waals surface area contributed by atoms with Crippen molar-refractivity contribution in [2.45, 2.75) is 45.6 Å². The zero-order valence-electron chi connectivity index (χ0n) is 13.0. The van der Waals surface area contributed by atoms with Crippen molar-refractivity contribution in [1.29, 1.82) is 0 Å². The number of benzene rings is 1. The zero-order valence-corrected chi connectivity index (χ0v) is 13.0. The number of carbonyl (C=O) groups excluding carboxylic acids is 1. The molecule has 0 fully saturated rings. The predicted molar refractivity (Wildman–Crippen MR) is 82.6 cm³/mol. The van der Waals surface area contributed by atoms with Gasteiger partial charge in [-0.15, -0.1) is 0 Å². The Kier molecular flexibility index (Phi) is 6.73. The zero-order chi connectivity index (χ0) is 15.1. The van der Waals surface area contributed by atoms with E-state index < -0.39 is 0 Å². The SMILES string of the molecule is CCC(C)C(C(=O)N(C)CCC(C)O)c1ccccc1. The van der Waals surface area contributed by atoms with Gasteiger partial charge < -0.3 is 10.0 Å². The third-order valence-corrected chi connectivity index (χ3v) is 3.90. The van der Waals surface area contributed by atoms with Crippen LogP contribution in [0.1, 0.15) is 45.1 Å². The maximum absolute atomic E-state index is 12.7. The Morgan fingerprint density at radius 1 is 1.25 bits per heavy atom. The molecule has 3 atom stereocenters. The van der Waals surface area contributed by atoms with Crippen molar-refractivity contribution in [2.24, 2.45) is 5.92 Å². The van der Waals surface area contributed by atoms with E-state index in [1.54, 1.807) is 11.8 Å². The number of hydrogen-bond acceptors (Lipinski definition) is 2. The van der Waals surface area contributed by atoms with E-state index in [2.05, 4.69) is 13.8 Å². The lowest BCUT2D eigenvalue weighted by atomic mass is 9.84. The Bertz CT molecular complexity index is 403. The largest absolute Gasteiger partial charge is 0.393 e. The first kappa shape index (κ1) is 16.7. The van der Waals surface area contributed by atoms with E-state index in [4.69, 9.17) is 0 Å². The fourth-order valence-electron chi connectivity index (χ4n) is 2.34. The van der Waals surface area contributed by atoms with Crippen LogP contribution in [-0.2, 0) is 4.79 Å². The highest BCUT2D eigenvalue weighted by Gasteiger charge is 2.28. The minimum atomic E-state index is -0.371. The second kappa shape index (κ2) is 8.05. The summed E-state index contributed by atoms with van der Waals surface area (Å²) in [6.45, 7) is 6.58. The second-order valence-corrected chi connectivity index (χ2v) is 5.67. The molecular weight excluding hydrogens is 250 g/mol. The first-order chi connectivity index (χ1) is 9.47. The van der Waals surface area contributed by atoms with Crippen LogP contribution in [0.5, 0.6) is 0 Å². The summed E-state index contributed by atoms with van der Waals surface area (Å²) in [5.74, 6) is 0.352. The lowest BCUT2D eigenvalue weighted by Crippen LogP contribution is -2.36. The van der Waals surface area contributed by atoms with Gasteiger partial charge in [-0.2, -0.15) is 0 Å². The Hall–Kier alpha value is -1.35.